The number of phosphoric ester groups is 1. The average molecular weight is 791 g/mol. The second-order valence-corrected chi connectivity index (χ2v) is 17.4. The molecule has 3 atom stereocenters. The fourth-order valence-electron chi connectivity index (χ4n) is 5.98. The summed E-state index contributed by atoms with van der Waals surface area (Å²) in [6, 6.07) is 0. The van der Waals surface area contributed by atoms with Crippen molar-refractivity contribution in [3.05, 3.63) is 12.2 Å². The maximum absolute atomic E-state index is 12.7. The molecule has 0 rings (SSSR count). The summed E-state index contributed by atoms with van der Waals surface area (Å²) in [6.45, 7) is 4.05. The predicted octanol–water partition coefficient (Wildman–Crippen LogP) is 10.5. The zero-order chi connectivity index (χ0) is 40.2. The molecule has 12 heteroatoms. The van der Waals surface area contributed by atoms with E-state index >= 15 is 0 Å². The molecule has 0 N–H and O–H groups in total. The van der Waals surface area contributed by atoms with E-state index in [1.165, 1.54) is 83.5 Å². The fourth-order valence-corrected chi connectivity index (χ4v) is 6.71. The summed E-state index contributed by atoms with van der Waals surface area (Å²) in [5, 5.41) is 11.0. The zero-order valence-electron chi connectivity index (χ0n) is 35.2. The maximum atomic E-state index is 12.7. The molecule has 0 amide bonds. The Bertz CT molecular complexity index is 958. The number of rotatable bonds is 40. The molecule has 54 heavy (non-hydrogen) atoms. The van der Waals surface area contributed by atoms with E-state index < -0.39 is 32.5 Å². The smallest absolute Gasteiger partial charge is 0.306 e. The molecule has 0 saturated carbocycles. The first-order chi connectivity index (χ1) is 25.9. The van der Waals surface area contributed by atoms with Crippen molar-refractivity contribution in [2.45, 2.75) is 199 Å². The molecule has 0 aliphatic rings. The van der Waals surface area contributed by atoms with Gasteiger partial charge < -0.3 is 27.9 Å². The number of allylic oxidation sites excluding steroid dienone is 1. The van der Waals surface area contributed by atoms with Gasteiger partial charge in [-0.2, -0.15) is 4.89 Å². The van der Waals surface area contributed by atoms with Gasteiger partial charge in [0.25, 0.3) is 7.82 Å². The number of quaternary nitrogens is 1. The largest absolute Gasteiger partial charge is 0.756 e. The van der Waals surface area contributed by atoms with Crippen LogP contribution < -0.4 is 4.89 Å². The summed E-state index contributed by atoms with van der Waals surface area (Å²) < 4.78 is 33.8. The monoisotopic (exact) mass is 791 g/mol. The van der Waals surface area contributed by atoms with Gasteiger partial charge in [-0.3, -0.25) is 14.2 Å². The Morgan fingerprint density at radius 3 is 1.65 bits per heavy atom. The van der Waals surface area contributed by atoms with Gasteiger partial charge in [0.05, 0.1) is 27.7 Å². The molecule has 319 valence electrons. The maximum Gasteiger partial charge on any atom is 0.306 e. The number of carbonyl (C=O) groups is 2. The summed E-state index contributed by atoms with van der Waals surface area (Å²) in [6.07, 6.45) is 30.4. The van der Waals surface area contributed by atoms with E-state index in [9.17, 15) is 24.3 Å². The molecule has 11 nitrogen and oxygen atoms in total. The molecule has 0 bridgehead atoms. The second kappa shape index (κ2) is 36.0. The molecule has 0 saturated heterocycles. The molecule has 0 spiro atoms. The lowest BCUT2D eigenvalue weighted by Crippen LogP contribution is -2.37. The van der Waals surface area contributed by atoms with E-state index in [2.05, 4.69) is 18.7 Å². The third-order valence-electron chi connectivity index (χ3n) is 9.46. The Morgan fingerprint density at radius 1 is 0.648 bits per heavy atom. The molecule has 0 aromatic carbocycles. The number of nitrogens with zero attached hydrogens (tertiary/aromatic N) is 1. The molecule has 1 radical (unpaired) electrons. The number of unbranched alkanes of at least 4 members (excludes halogenated alkanes) is 21. The summed E-state index contributed by atoms with van der Waals surface area (Å²) in [7, 11) is 1.10. The number of hydrogen-bond donors (Lipinski definition) is 0. The summed E-state index contributed by atoms with van der Waals surface area (Å²) in [5.74, 6) is -0.902. The molecule has 0 aromatic heterocycles. The van der Waals surface area contributed by atoms with Gasteiger partial charge >= 0.3 is 11.9 Å². The van der Waals surface area contributed by atoms with Gasteiger partial charge in [0, 0.05) is 12.8 Å². The van der Waals surface area contributed by atoms with Crippen molar-refractivity contribution < 1.29 is 52.2 Å². The minimum Gasteiger partial charge on any atom is -0.756 e. The first-order valence-electron chi connectivity index (χ1n) is 21.6. The van der Waals surface area contributed by atoms with Gasteiger partial charge in [-0.1, -0.05) is 154 Å². The van der Waals surface area contributed by atoms with Crippen LogP contribution in [0.4, 0.5) is 0 Å². The highest BCUT2D eigenvalue weighted by molar-refractivity contribution is 7.45. The van der Waals surface area contributed by atoms with Gasteiger partial charge in [0.15, 0.2) is 6.10 Å². The number of esters is 2. The fraction of sp³-hybridized carbons (Fsp3) is 0.905. The normalized spacial score (nSPS) is 14.3. The van der Waals surface area contributed by atoms with E-state index in [0.717, 1.165) is 70.6 Å². The van der Waals surface area contributed by atoms with Gasteiger partial charge in [0.1, 0.15) is 25.9 Å². The van der Waals surface area contributed by atoms with Crippen LogP contribution in [0.5, 0.6) is 0 Å². The lowest BCUT2D eigenvalue weighted by atomic mass is 10.0. The first kappa shape index (κ1) is 52.7. The van der Waals surface area contributed by atoms with Crippen molar-refractivity contribution >= 4 is 19.8 Å². The van der Waals surface area contributed by atoms with Crippen LogP contribution >= 0.6 is 7.82 Å². The standard InChI is InChI=1S/C42H81NO10P/c1-6-8-10-12-13-14-15-16-17-18-21-25-29-33-41(44)49-37-40(38-51-54(47,48)50-36-35-43(3,4)5)52-42(45)34-30-26-22-19-20-24-28-32-39(53-46)31-27-23-11-9-7-2/h28,32,39-40H,6-27,29-31,33-38H2,1-5H3/b32-28-/t39?,40-/m0/s1. The van der Waals surface area contributed by atoms with Crippen LogP contribution in [0, 0.1) is 0 Å². The minimum absolute atomic E-state index is 0.0482. The summed E-state index contributed by atoms with van der Waals surface area (Å²) in [4.78, 5) is 41.8. The Balaban J connectivity index is 4.47. The Labute approximate surface area is 330 Å². The van der Waals surface area contributed by atoms with Crippen LogP contribution in [0.15, 0.2) is 12.2 Å². The quantitative estimate of drug-likeness (QED) is 0.0113. The van der Waals surface area contributed by atoms with Gasteiger partial charge in [0.2, 0.25) is 0 Å². The van der Waals surface area contributed by atoms with Crippen molar-refractivity contribution in [1.82, 2.24) is 0 Å². The molecule has 0 aliphatic heterocycles. The van der Waals surface area contributed by atoms with Crippen molar-refractivity contribution in [3.8, 4) is 0 Å². The van der Waals surface area contributed by atoms with E-state index in [4.69, 9.17) is 18.5 Å². The first-order valence-corrected chi connectivity index (χ1v) is 23.1. The van der Waals surface area contributed by atoms with E-state index in [1.807, 2.05) is 33.3 Å². The molecule has 0 aliphatic carbocycles. The van der Waals surface area contributed by atoms with Crippen molar-refractivity contribution in [1.29, 1.82) is 0 Å². The van der Waals surface area contributed by atoms with Crippen molar-refractivity contribution in [2.75, 3.05) is 47.5 Å². The average Bonchev–Trinajstić information content (AvgIpc) is 3.12. The SMILES string of the molecule is CCCCCCCCCCCCCCCC(=O)OC[C@@H](COP(=O)([O-])OCC[N+](C)(C)C)OC(=O)CCCCCCC/C=C\C(CCCCCCC)O[O]. The van der Waals surface area contributed by atoms with E-state index in [-0.39, 0.29) is 32.2 Å². The molecular weight excluding hydrogens is 709 g/mol. The lowest BCUT2D eigenvalue weighted by molar-refractivity contribution is -0.870. The van der Waals surface area contributed by atoms with E-state index in [1.54, 1.807) is 0 Å². The second-order valence-electron chi connectivity index (χ2n) is 15.9. The molecular formula is C42H81NO10P. The Morgan fingerprint density at radius 2 is 1.13 bits per heavy atom. The highest BCUT2D eigenvalue weighted by atomic mass is 31.2. The number of hydrogen-bond acceptors (Lipinski definition) is 9. The number of carbonyl (C=O) groups excluding carboxylic acids is 2. The third kappa shape index (κ3) is 37.6. The highest BCUT2D eigenvalue weighted by Crippen LogP contribution is 2.38. The highest BCUT2D eigenvalue weighted by Gasteiger charge is 2.21. The topological polar surface area (TPSA) is 140 Å². The number of likely N-dealkylation sites (N-methyl/N-ethyl adjacent to an activating group) is 1. The van der Waals surface area contributed by atoms with Crippen LogP contribution in [-0.4, -0.2) is 76.1 Å². The number of phosphoric acid groups is 1. The predicted molar refractivity (Wildman–Crippen MR) is 214 cm³/mol. The summed E-state index contributed by atoms with van der Waals surface area (Å²) >= 11 is 0. The third-order valence-corrected chi connectivity index (χ3v) is 10.4. The van der Waals surface area contributed by atoms with Crippen molar-refractivity contribution in [2.24, 2.45) is 0 Å². The molecule has 0 heterocycles. The minimum atomic E-state index is -4.65. The van der Waals surface area contributed by atoms with Crippen LogP contribution in [0.3, 0.4) is 0 Å². The van der Waals surface area contributed by atoms with Crippen LogP contribution in [0.25, 0.3) is 0 Å². The lowest BCUT2D eigenvalue weighted by Gasteiger charge is -2.28. The number of ether oxygens (including phenoxy) is 2. The Kier molecular flexibility index (Phi) is 35.2. The zero-order valence-corrected chi connectivity index (χ0v) is 36.1. The Hall–Kier alpha value is -1.33. The molecule has 0 fully saturated rings. The van der Waals surface area contributed by atoms with Crippen molar-refractivity contribution in [3.63, 3.8) is 0 Å². The van der Waals surface area contributed by atoms with E-state index in [0.29, 0.717) is 17.4 Å². The molecule has 0 aromatic rings. The van der Waals surface area contributed by atoms with Gasteiger partial charge in [-0.15, -0.1) is 0 Å². The van der Waals surface area contributed by atoms with Crippen LogP contribution in [0.1, 0.15) is 187 Å². The van der Waals surface area contributed by atoms with Crippen LogP contribution in [-0.2, 0) is 42.8 Å². The summed E-state index contributed by atoms with van der Waals surface area (Å²) in [5.41, 5.74) is 0. The molecule has 2 unspecified atom stereocenters. The van der Waals surface area contributed by atoms with Gasteiger partial charge in [-0.25, -0.2) is 0 Å². The van der Waals surface area contributed by atoms with Gasteiger partial charge in [-0.05, 0) is 37.4 Å². The van der Waals surface area contributed by atoms with Crippen LogP contribution in [0.2, 0.25) is 0 Å².